The number of furan rings is 2. The van der Waals surface area contributed by atoms with Crippen LogP contribution in [0, 0.1) is 0 Å². The van der Waals surface area contributed by atoms with Gasteiger partial charge >= 0.3 is 0 Å². The number of fused-ring (bicyclic) bond motifs is 3. The average molecular weight is 351 g/mol. The lowest BCUT2D eigenvalue weighted by Crippen LogP contribution is -2.35. The monoisotopic (exact) mass is 351 g/mol. The number of para-hydroxylation sites is 1. The minimum atomic E-state index is -0.376. The van der Waals surface area contributed by atoms with Crippen molar-refractivity contribution in [2.45, 2.75) is 19.5 Å². The van der Waals surface area contributed by atoms with Crippen LogP contribution in [0.15, 0.2) is 62.6 Å². The Hall–Kier alpha value is -3.35. The van der Waals surface area contributed by atoms with Crippen LogP contribution in [0.1, 0.15) is 18.7 Å². The summed E-state index contributed by atoms with van der Waals surface area (Å²) in [5, 5.41) is 0.779. The van der Waals surface area contributed by atoms with Crippen LogP contribution in [0.3, 0.4) is 0 Å². The molecule has 0 fully saturated rings. The molecule has 0 N–H and O–H groups in total. The van der Waals surface area contributed by atoms with E-state index in [1.165, 1.54) is 15.8 Å². The number of hydrogen-bond donors (Lipinski definition) is 0. The summed E-state index contributed by atoms with van der Waals surface area (Å²) < 4.78 is 12.2. The Kier molecular flexibility index (Phi) is 3.84. The van der Waals surface area contributed by atoms with Crippen molar-refractivity contribution >= 4 is 28.0 Å². The zero-order valence-electron chi connectivity index (χ0n) is 14.4. The Morgan fingerprint density at radius 3 is 2.85 bits per heavy atom. The third-order valence-corrected chi connectivity index (χ3v) is 4.59. The second kappa shape index (κ2) is 6.18. The topological polar surface area (TPSA) is 81.5 Å². The molecule has 0 spiro atoms. The molecule has 1 unspecified atom stereocenters. The first-order valence-electron chi connectivity index (χ1n) is 8.22. The third-order valence-electron chi connectivity index (χ3n) is 4.59. The van der Waals surface area contributed by atoms with E-state index < -0.39 is 0 Å². The van der Waals surface area contributed by atoms with Gasteiger partial charge in [0.15, 0.2) is 0 Å². The van der Waals surface area contributed by atoms with E-state index in [0.29, 0.717) is 16.9 Å². The molecular formula is C19H17N3O4. The van der Waals surface area contributed by atoms with E-state index in [9.17, 15) is 9.59 Å². The number of carbonyl (C=O) groups excluding carboxylic acids is 1. The summed E-state index contributed by atoms with van der Waals surface area (Å²) in [6.45, 7) is 1.74. The Labute approximate surface area is 148 Å². The predicted molar refractivity (Wildman–Crippen MR) is 95.7 cm³/mol. The van der Waals surface area contributed by atoms with Gasteiger partial charge in [-0.2, -0.15) is 0 Å². The van der Waals surface area contributed by atoms with Crippen LogP contribution in [-0.2, 0) is 11.3 Å². The molecule has 4 aromatic rings. The highest BCUT2D eigenvalue weighted by molar-refractivity contribution is 6.01. The first-order chi connectivity index (χ1) is 12.6. The molecule has 132 valence electrons. The molecular weight excluding hydrogens is 334 g/mol. The van der Waals surface area contributed by atoms with Gasteiger partial charge in [0.1, 0.15) is 23.4 Å². The number of hydrogen-bond acceptors (Lipinski definition) is 5. The van der Waals surface area contributed by atoms with Crippen molar-refractivity contribution in [2.24, 2.45) is 0 Å². The molecule has 1 aromatic carbocycles. The smallest absolute Gasteiger partial charge is 0.297 e. The largest absolute Gasteiger partial charge is 0.467 e. The van der Waals surface area contributed by atoms with Crippen LogP contribution < -0.4 is 5.56 Å². The maximum Gasteiger partial charge on any atom is 0.297 e. The van der Waals surface area contributed by atoms with Crippen molar-refractivity contribution in [1.82, 2.24) is 14.5 Å². The number of likely N-dealkylation sites (N-methyl/N-ethyl adjacent to an activating group) is 1. The van der Waals surface area contributed by atoms with E-state index in [4.69, 9.17) is 8.83 Å². The van der Waals surface area contributed by atoms with E-state index in [1.807, 2.05) is 31.2 Å². The summed E-state index contributed by atoms with van der Waals surface area (Å²) in [6.07, 6.45) is 2.95. The predicted octanol–water partition coefficient (Wildman–Crippen LogP) is 2.96. The van der Waals surface area contributed by atoms with Crippen molar-refractivity contribution in [3.63, 3.8) is 0 Å². The van der Waals surface area contributed by atoms with Crippen molar-refractivity contribution < 1.29 is 13.6 Å². The molecule has 26 heavy (non-hydrogen) atoms. The molecule has 0 aliphatic carbocycles. The van der Waals surface area contributed by atoms with Gasteiger partial charge in [0.25, 0.3) is 5.56 Å². The fourth-order valence-corrected chi connectivity index (χ4v) is 2.92. The van der Waals surface area contributed by atoms with Crippen LogP contribution in [0.2, 0.25) is 0 Å². The van der Waals surface area contributed by atoms with Gasteiger partial charge in [-0.3, -0.25) is 14.2 Å². The van der Waals surface area contributed by atoms with E-state index in [2.05, 4.69) is 4.98 Å². The average Bonchev–Trinajstić information content (AvgIpc) is 3.31. The molecule has 0 aliphatic heterocycles. The molecule has 3 aromatic heterocycles. The highest BCUT2D eigenvalue weighted by Gasteiger charge is 2.21. The van der Waals surface area contributed by atoms with E-state index in [0.717, 1.165) is 5.39 Å². The third kappa shape index (κ3) is 2.57. The molecule has 1 amide bonds. The van der Waals surface area contributed by atoms with Gasteiger partial charge in [-0.25, -0.2) is 4.98 Å². The Balaban J connectivity index is 1.64. The molecule has 7 heteroatoms. The van der Waals surface area contributed by atoms with Crippen molar-refractivity contribution in [1.29, 1.82) is 0 Å². The lowest BCUT2D eigenvalue weighted by molar-refractivity contribution is -0.132. The number of carbonyl (C=O) groups is 1. The Morgan fingerprint density at radius 1 is 1.27 bits per heavy atom. The number of nitrogens with zero attached hydrogens (tertiary/aromatic N) is 3. The van der Waals surface area contributed by atoms with Gasteiger partial charge in [-0.05, 0) is 31.2 Å². The van der Waals surface area contributed by atoms with Crippen LogP contribution >= 0.6 is 0 Å². The summed E-state index contributed by atoms with van der Waals surface area (Å²) in [4.78, 5) is 31.1. The van der Waals surface area contributed by atoms with Crippen molar-refractivity contribution in [2.75, 3.05) is 7.05 Å². The van der Waals surface area contributed by atoms with Gasteiger partial charge in [0.05, 0.1) is 18.6 Å². The molecule has 4 rings (SSSR count). The fraction of sp³-hybridized carbons (Fsp3) is 0.211. The summed E-state index contributed by atoms with van der Waals surface area (Å²) in [7, 11) is 1.67. The number of aromatic nitrogens is 2. The number of benzene rings is 1. The maximum atomic E-state index is 12.7. The molecule has 3 heterocycles. The van der Waals surface area contributed by atoms with Crippen LogP contribution in [0.5, 0.6) is 0 Å². The SMILES string of the molecule is CC(c1ccco1)N(C)C(=O)Cn1cnc2c(oc3ccccc32)c1=O. The van der Waals surface area contributed by atoms with Crippen LogP contribution in [-0.4, -0.2) is 27.4 Å². The number of rotatable bonds is 4. The highest BCUT2D eigenvalue weighted by atomic mass is 16.3. The first-order valence-corrected chi connectivity index (χ1v) is 8.22. The van der Waals surface area contributed by atoms with Gasteiger partial charge < -0.3 is 13.7 Å². The summed E-state index contributed by atoms with van der Waals surface area (Å²) in [6, 6.07) is 10.7. The van der Waals surface area contributed by atoms with E-state index >= 15 is 0 Å². The summed E-state index contributed by atoms with van der Waals surface area (Å²) in [5.41, 5.74) is 0.883. The minimum absolute atomic E-state index is 0.125. The second-order valence-electron chi connectivity index (χ2n) is 6.15. The lowest BCUT2D eigenvalue weighted by atomic mass is 10.2. The molecule has 0 saturated carbocycles. The Morgan fingerprint density at radius 2 is 2.08 bits per heavy atom. The van der Waals surface area contributed by atoms with Crippen LogP contribution in [0.4, 0.5) is 0 Å². The van der Waals surface area contributed by atoms with Gasteiger partial charge in [-0.15, -0.1) is 0 Å². The molecule has 0 saturated heterocycles. The standard InChI is InChI=1S/C19H17N3O4/c1-12(14-8-5-9-25-14)21(2)16(23)10-22-11-20-17-13-6-3-4-7-15(13)26-18(17)19(22)24/h3-9,11-12H,10H2,1-2H3. The fourth-order valence-electron chi connectivity index (χ4n) is 2.92. The molecule has 0 bridgehead atoms. The van der Waals surface area contributed by atoms with Gasteiger partial charge in [-0.1, -0.05) is 12.1 Å². The first kappa shape index (κ1) is 16.1. The summed E-state index contributed by atoms with van der Waals surface area (Å²) >= 11 is 0. The zero-order chi connectivity index (χ0) is 18.3. The second-order valence-corrected chi connectivity index (χ2v) is 6.15. The van der Waals surface area contributed by atoms with E-state index in [-0.39, 0.29) is 29.6 Å². The van der Waals surface area contributed by atoms with Crippen molar-refractivity contribution in [3.05, 3.63) is 65.1 Å². The normalized spacial score (nSPS) is 12.5. The van der Waals surface area contributed by atoms with Gasteiger partial charge in [0, 0.05) is 12.4 Å². The Bertz CT molecular complexity index is 1140. The zero-order valence-corrected chi connectivity index (χ0v) is 14.4. The highest BCUT2D eigenvalue weighted by Crippen LogP contribution is 2.24. The van der Waals surface area contributed by atoms with Crippen molar-refractivity contribution in [3.8, 4) is 0 Å². The summed E-state index contributed by atoms with van der Waals surface area (Å²) in [5.74, 6) is 0.451. The maximum absolute atomic E-state index is 12.7. The molecule has 0 radical (unpaired) electrons. The molecule has 0 aliphatic rings. The lowest BCUT2D eigenvalue weighted by Gasteiger charge is -2.23. The number of amides is 1. The minimum Gasteiger partial charge on any atom is -0.467 e. The van der Waals surface area contributed by atoms with Gasteiger partial charge in [0.2, 0.25) is 11.5 Å². The molecule has 7 nitrogen and oxygen atoms in total. The quantitative estimate of drug-likeness (QED) is 0.565. The van der Waals surface area contributed by atoms with Crippen LogP contribution in [0.25, 0.3) is 22.1 Å². The van der Waals surface area contributed by atoms with E-state index in [1.54, 1.807) is 25.4 Å². The molecule has 1 atom stereocenters.